The number of aliphatic hydroxyl groups excluding tert-OH is 2. The highest BCUT2D eigenvalue weighted by molar-refractivity contribution is 5.81. The molecule has 1 aromatic carbocycles. The van der Waals surface area contributed by atoms with Gasteiger partial charge in [0.15, 0.2) is 11.9 Å². The lowest BCUT2D eigenvalue weighted by Gasteiger charge is -2.53. The third-order valence-corrected chi connectivity index (χ3v) is 5.16. The first-order valence-corrected chi connectivity index (χ1v) is 9.54. The molecule has 0 aromatic heterocycles. The second-order valence-electron chi connectivity index (χ2n) is 8.39. The number of hydrogen-bond acceptors (Lipinski definition) is 7. The zero-order valence-electron chi connectivity index (χ0n) is 17.5. The van der Waals surface area contributed by atoms with Gasteiger partial charge in [0, 0.05) is 20.0 Å². The maximum Gasteiger partial charge on any atom is 0.341 e. The van der Waals surface area contributed by atoms with Gasteiger partial charge in [-0.3, -0.25) is 4.79 Å². The first kappa shape index (κ1) is 23.3. The lowest BCUT2D eigenvalue weighted by molar-refractivity contribution is -0.304. The molecule has 1 saturated heterocycles. The van der Waals surface area contributed by atoms with Gasteiger partial charge < -0.3 is 29.7 Å². The Morgan fingerprint density at radius 1 is 1.24 bits per heavy atom. The van der Waals surface area contributed by atoms with Crippen molar-refractivity contribution >= 4 is 11.9 Å². The van der Waals surface area contributed by atoms with Crippen molar-refractivity contribution in [1.82, 2.24) is 5.32 Å². The summed E-state index contributed by atoms with van der Waals surface area (Å²) in [4.78, 5) is 24.8. The SMILES string of the molecule is COC1O[C@](CO)(C(=O)OCc2ccccc2)C(C(C)(C)C)C(O)C1NC(C)=O. The molecule has 0 spiro atoms. The Morgan fingerprint density at radius 3 is 2.34 bits per heavy atom. The summed E-state index contributed by atoms with van der Waals surface area (Å²) < 4.78 is 16.7. The van der Waals surface area contributed by atoms with E-state index < -0.39 is 47.9 Å². The summed E-state index contributed by atoms with van der Waals surface area (Å²) in [6, 6.07) is 8.19. The minimum atomic E-state index is -1.86. The Balaban J connectivity index is 2.39. The van der Waals surface area contributed by atoms with E-state index in [2.05, 4.69) is 5.32 Å². The number of rotatable bonds is 6. The normalized spacial score (nSPS) is 29.9. The van der Waals surface area contributed by atoms with E-state index >= 15 is 0 Å². The first-order valence-electron chi connectivity index (χ1n) is 9.54. The number of benzene rings is 1. The predicted octanol–water partition coefficient (Wildman–Crippen LogP) is 0.991. The Hall–Kier alpha value is -2.00. The quantitative estimate of drug-likeness (QED) is 0.600. The van der Waals surface area contributed by atoms with Crippen molar-refractivity contribution in [3.63, 3.8) is 0 Å². The topological polar surface area (TPSA) is 114 Å². The molecule has 1 heterocycles. The molecule has 1 aliphatic heterocycles. The number of methoxy groups -OCH3 is 1. The van der Waals surface area contributed by atoms with Crippen LogP contribution in [0.2, 0.25) is 0 Å². The van der Waals surface area contributed by atoms with Crippen LogP contribution >= 0.6 is 0 Å². The lowest BCUT2D eigenvalue weighted by Crippen LogP contribution is -2.72. The summed E-state index contributed by atoms with van der Waals surface area (Å²) >= 11 is 0. The molecule has 0 bridgehead atoms. The number of aliphatic hydroxyl groups is 2. The summed E-state index contributed by atoms with van der Waals surface area (Å²) in [7, 11) is 1.33. The fourth-order valence-electron chi connectivity index (χ4n) is 4.01. The molecule has 1 fully saturated rings. The van der Waals surface area contributed by atoms with Crippen molar-refractivity contribution < 1.29 is 34.0 Å². The van der Waals surface area contributed by atoms with E-state index in [1.54, 1.807) is 0 Å². The third kappa shape index (κ3) is 4.95. The summed E-state index contributed by atoms with van der Waals surface area (Å²) in [6.07, 6.45) is -2.38. The molecular formula is C21H31NO7. The van der Waals surface area contributed by atoms with Crippen LogP contribution in [0.1, 0.15) is 33.3 Å². The number of hydrogen-bond donors (Lipinski definition) is 3. The van der Waals surface area contributed by atoms with Crippen LogP contribution in [0.25, 0.3) is 0 Å². The van der Waals surface area contributed by atoms with E-state index in [0.29, 0.717) is 0 Å². The van der Waals surface area contributed by atoms with Crippen molar-refractivity contribution in [2.75, 3.05) is 13.7 Å². The highest BCUT2D eigenvalue weighted by Gasteiger charge is 2.62. The van der Waals surface area contributed by atoms with Crippen molar-refractivity contribution in [2.24, 2.45) is 11.3 Å². The standard InChI is InChI=1S/C21H31NO7/c1-13(24)22-15-16(25)17(20(2,3)4)21(12-23,29-18(15)27-5)19(26)28-11-14-9-7-6-8-10-14/h6-10,15-18,23,25H,11-12H2,1-5H3,(H,22,24)/t15?,16?,17?,18?,21-/m0/s1. The van der Waals surface area contributed by atoms with Crippen LogP contribution in [0.3, 0.4) is 0 Å². The molecule has 8 nitrogen and oxygen atoms in total. The molecule has 1 aromatic rings. The Labute approximate surface area is 171 Å². The van der Waals surface area contributed by atoms with Crippen LogP contribution in [0.5, 0.6) is 0 Å². The van der Waals surface area contributed by atoms with Gasteiger partial charge in [-0.15, -0.1) is 0 Å². The number of nitrogens with one attached hydrogen (secondary N) is 1. The number of carbonyl (C=O) groups is 2. The average molecular weight is 409 g/mol. The molecule has 0 aliphatic carbocycles. The van der Waals surface area contributed by atoms with E-state index in [-0.39, 0.29) is 12.5 Å². The van der Waals surface area contributed by atoms with E-state index in [0.717, 1.165) is 5.56 Å². The highest BCUT2D eigenvalue weighted by Crippen LogP contribution is 2.46. The monoisotopic (exact) mass is 409 g/mol. The zero-order chi connectivity index (χ0) is 21.8. The fourth-order valence-corrected chi connectivity index (χ4v) is 4.01. The number of carbonyl (C=O) groups excluding carboxylic acids is 2. The Morgan fingerprint density at radius 2 is 1.86 bits per heavy atom. The molecule has 2 rings (SSSR count). The summed E-state index contributed by atoms with van der Waals surface area (Å²) in [5.74, 6) is -2.06. The minimum Gasteiger partial charge on any atom is -0.459 e. The van der Waals surface area contributed by atoms with Crippen molar-refractivity contribution in [3.8, 4) is 0 Å². The smallest absolute Gasteiger partial charge is 0.341 e. The molecule has 29 heavy (non-hydrogen) atoms. The second kappa shape index (κ2) is 9.21. The second-order valence-corrected chi connectivity index (χ2v) is 8.39. The molecule has 1 amide bonds. The Kier molecular flexibility index (Phi) is 7.40. The molecule has 0 radical (unpaired) electrons. The highest BCUT2D eigenvalue weighted by atomic mass is 16.7. The van der Waals surface area contributed by atoms with Gasteiger partial charge in [-0.2, -0.15) is 0 Å². The van der Waals surface area contributed by atoms with Crippen molar-refractivity contribution in [1.29, 1.82) is 0 Å². The van der Waals surface area contributed by atoms with Gasteiger partial charge in [0.25, 0.3) is 0 Å². The van der Waals surface area contributed by atoms with Gasteiger partial charge >= 0.3 is 5.97 Å². The summed E-state index contributed by atoms with van der Waals surface area (Å²) in [6.45, 7) is 6.04. The van der Waals surface area contributed by atoms with Crippen LogP contribution in [-0.4, -0.2) is 59.8 Å². The molecule has 3 N–H and O–H groups in total. The van der Waals surface area contributed by atoms with Crippen LogP contribution < -0.4 is 5.32 Å². The molecule has 162 valence electrons. The number of ether oxygens (including phenoxy) is 3. The lowest BCUT2D eigenvalue weighted by atomic mass is 9.64. The molecule has 8 heteroatoms. The number of amides is 1. The summed E-state index contributed by atoms with van der Waals surface area (Å²) in [5, 5.41) is 24.0. The van der Waals surface area contributed by atoms with E-state index in [1.165, 1.54) is 14.0 Å². The van der Waals surface area contributed by atoms with Gasteiger partial charge in [0.1, 0.15) is 12.6 Å². The Bertz CT molecular complexity index is 703. The maximum absolute atomic E-state index is 13.2. The fraction of sp³-hybridized carbons (Fsp3) is 0.619. The van der Waals surface area contributed by atoms with Crippen LogP contribution in [0, 0.1) is 11.3 Å². The van der Waals surface area contributed by atoms with Gasteiger partial charge in [-0.05, 0) is 11.0 Å². The average Bonchev–Trinajstić information content (AvgIpc) is 2.66. The van der Waals surface area contributed by atoms with E-state index in [1.807, 2.05) is 51.1 Å². The van der Waals surface area contributed by atoms with Crippen LogP contribution in [-0.2, 0) is 30.4 Å². The third-order valence-electron chi connectivity index (χ3n) is 5.16. The maximum atomic E-state index is 13.2. The zero-order valence-corrected chi connectivity index (χ0v) is 17.5. The van der Waals surface area contributed by atoms with E-state index in [9.17, 15) is 19.8 Å². The van der Waals surface area contributed by atoms with E-state index in [4.69, 9.17) is 14.2 Å². The van der Waals surface area contributed by atoms with Gasteiger partial charge in [0.2, 0.25) is 5.91 Å². The van der Waals surface area contributed by atoms with Gasteiger partial charge in [-0.1, -0.05) is 51.1 Å². The summed E-state index contributed by atoms with van der Waals surface area (Å²) in [5.41, 5.74) is -1.76. The molecule has 4 unspecified atom stereocenters. The minimum absolute atomic E-state index is 0.00941. The van der Waals surface area contributed by atoms with Gasteiger partial charge in [0.05, 0.1) is 12.7 Å². The molecular weight excluding hydrogens is 378 g/mol. The predicted molar refractivity (Wildman–Crippen MR) is 104 cm³/mol. The molecule has 5 atom stereocenters. The van der Waals surface area contributed by atoms with Crippen LogP contribution in [0.15, 0.2) is 30.3 Å². The first-order chi connectivity index (χ1) is 13.6. The van der Waals surface area contributed by atoms with Crippen molar-refractivity contribution in [3.05, 3.63) is 35.9 Å². The largest absolute Gasteiger partial charge is 0.459 e. The van der Waals surface area contributed by atoms with Gasteiger partial charge in [-0.25, -0.2) is 4.79 Å². The number of esters is 1. The van der Waals surface area contributed by atoms with Crippen LogP contribution in [0.4, 0.5) is 0 Å². The van der Waals surface area contributed by atoms with Crippen molar-refractivity contribution in [2.45, 2.75) is 58.3 Å². The molecule has 1 aliphatic rings. The molecule has 0 saturated carbocycles.